The molecule has 0 aromatic heterocycles. The number of carbonyl (C=O) groups excluding carboxylic acids is 1. The Balaban J connectivity index is 1.81. The molecule has 1 fully saturated rings. The first-order chi connectivity index (χ1) is 10.7. The normalized spacial score (nSPS) is 15.2. The number of para-hydroxylation sites is 2. The molecule has 0 aliphatic carbocycles. The number of terminal acetylenes is 1. The molecule has 2 rings (SSSR count). The smallest absolute Gasteiger partial charge is 0.321 e. The highest BCUT2D eigenvalue weighted by Gasteiger charge is 2.23. The van der Waals surface area contributed by atoms with Gasteiger partial charge in [-0.05, 0) is 30.9 Å². The average Bonchev–Trinajstić information content (AvgIpc) is 2.56. The number of amides is 2. The number of rotatable bonds is 5. The number of urea groups is 1. The van der Waals surface area contributed by atoms with Gasteiger partial charge in [-0.2, -0.15) is 0 Å². The fraction of sp³-hybridized carbons (Fsp3) is 0.471. The number of ether oxygens (including phenoxy) is 2. The van der Waals surface area contributed by atoms with Crippen LogP contribution in [0.3, 0.4) is 0 Å². The van der Waals surface area contributed by atoms with Crippen molar-refractivity contribution in [3.63, 3.8) is 0 Å². The molecule has 5 heteroatoms. The van der Waals surface area contributed by atoms with Crippen LogP contribution in [-0.2, 0) is 4.74 Å². The molecule has 1 aliphatic rings. The maximum Gasteiger partial charge on any atom is 0.321 e. The SMILES string of the molecule is C#CCOCC1CCN(C(=O)Nc2ccccc2OC)CC1. The molecule has 0 unspecified atom stereocenters. The van der Waals surface area contributed by atoms with E-state index >= 15 is 0 Å². The molecule has 118 valence electrons. The van der Waals surface area contributed by atoms with Crippen molar-refractivity contribution in [1.29, 1.82) is 0 Å². The van der Waals surface area contributed by atoms with Crippen molar-refractivity contribution in [2.75, 3.05) is 38.7 Å². The van der Waals surface area contributed by atoms with Crippen LogP contribution < -0.4 is 10.1 Å². The van der Waals surface area contributed by atoms with Crippen molar-refractivity contribution in [1.82, 2.24) is 4.90 Å². The van der Waals surface area contributed by atoms with Gasteiger partial charge in [-0.3, -0.25) is 0 Å². The molecule has 22 heavy (non-hydrogen) atoms. The number of carbonyl (C=O) groups is 1. The van der Waals surface area contributed by atoms with E-state index in [1.54, 1.807) is 7.11 Å². The molecule has 0 bridgehead atoms. The number of nitrogens with one attached hydrogen (secondary N) is 1. The maximum atomic E-state index is 12.3. The minimum atomic E-state index is -0.0903. The summed E-state index contributed by atoms with van der Waals surface area (Å²) in [6.07, 6.45) is 7.03. The van der Waals surface area contributed by atoms with Gasteiger partial charge < -0.3 is 19.7 Å². The van der Waals surface area contributed by atoms with E-state index in [2.05, 4.69) is 11.2 Å². The zero-order valence-corrected chi connectivity index (χ0v) is 12.9. The first-order valence-electron chi connectivity index (χ1n) is 7.44. The summed E-state index contributed by atoms with van der Waals surface area (Å²) in [6.45, 7) is 2.48. The number of benzene rings is 1. The van der Waals surface area contributed by atoms with Crippen LogP contribution in [0.15, 0.2) is 24.3 Å². The van der Waals surface area contributed by atoms with E-state index in [0.29, 0.717) is 30.6 Å². The zero-order chi connectivity index (χ0) is 15.8. The molecule has 2 amide bonds. The number of hydrogen-bond acceptors (Lipinski definition) is 3. The predicted molar refractivity (Wildman–Crippen MR) is 86.0 cm³/mol. The molecule has 1 aromatic rings. The molecule has 1 aliphatic heterocycles. The van der Waals surface area contributed by atoms with Gasteiger partial charge in [-0.1, -0.05) is 18.1 Å². The number of hydrogen-bond donors (Lipinski definition) is 1. The Hall–Kier alpha value is -2.19. The van der Waals surface area contributed by atoms with Crippen molar-refractivity contribution in [2.45, 2.75) is 12.8 Å². The van der Waals surface area contributed by atoms with Crippen LogP contribution in [0.1, 0.15) is 12.8 Å². The standard InChI is InChI=1S/C17H22N2O3/c1-3-12-22-13-14-8-10-19(11-9-14)17(20)18-15-6-4-5-7-16(15)21-2/h1,4-7,14H,8-13H2,2H3,(H,18,20). The molecule has 5 nitrogen and oxygen atoms in total. The van der Waals surface area contributed by atoms with Crippen LogP contribution in [0.2, 0.25) is 0 Å². The zero-order valence-electron chi connectivity index (χ0n) is 12.9. The summed E-state index contributed by atoms with van der Waals surface area (Å²) in [7, 11) is 1.59. The Labute approximate surface area is 131 Å². The molecular weight excluding hydrogens is 280 g/mol. The topological polar surface area (TPSA) is 50.8 Å². The van der Waals surface area contributed by atoms with Gasteiger partial charge in [-0.25, -0.2) is 4.79 Å². The van der Waals surface area contributed by atoms with Crippen molar-refractivity contribution < 1.29 is 14.3 Å². The van der Waals surface area contributed by atoms with Crippen LogP contribution in [0.4, 0.5) is 10.5 Å². The lowest BCUT2D eigenvalue weighted by Crippen LogP contribution is -2.41. The first-order valence-corrected chi connectivity index (χ1v) is 7.44. The molecule has 0 saturated carbocycles. The second kappa shape index (κ2) is 8.30. The summed E-state index contributed by atoms with van der Waals surface area (Å²) in [5.41, 5.74) is 0.689. The number of piperidine rings is 1. The van der Waals surface area contributed by atoms with Gasteiger partial charge >= 0.3 is 6.03 Å². The van der Waals surface area contributed by atoms with Gasteiger partial charge in [-0.15, -0.1) is 6.42 Å². The van der Waals surface area contributed by atoms with E-state index in [1.165, 1.54) is 0 Å². The van der Waals surface area contributed by atoms with Crippen molar-refractivity contribution in [2.24, 2.45) is 5.92 Å². The number of likely N-dealkylation sites (tertiary alicyclic amines) is 1. The van der Waals surface area contributed by atoms with E-state index in [9.17, 15) is 4.79 Å². The Bertz CT molecular complexity index is 531. The van der Waals surface area contributed by atoms with Crippen molar-refractivity contribution in [3.05, 3.63) is 24.3 Å². The molecule has 1 aromatic carbocycles. The van der Waals surface area contributed by atoms with Gasteiger partial charge in [0.15, 0.2) is 0 Å². The minimum Gasteiger partial charge on any atom is -0.495 e. The van der Waals surface area contributed by atoms with Crippen LogP contribution in [0, 0.1) is 18.3 Å². The van der Waals surface area contributed by atoms with Gasteiger partial charge in [0.25, 0.3) is 0 Å². The molecule has 1 saturated heterocycles. The molecular formula is C17H22N2O3. The third-order valence-electron chi connectivity index (χ3n) is 3.79. The van der Waals surface area contributed by atoms with E-state index in [-0.39, 0.29) is 6.03 Å². The highest BCUT2D eigenvalue weighted by atomic mass is 16.5. The lowest BCUT2D eigenvalue weighted by Gasteiger charge is -2.31. The third-order valence-corrected chi connectivity index (χ3v) is 3.79. The Morgan fingerprint density at radius 3 is 2.82 bits per heavy atom. The summed E-state index contributed by atoms with van der Waals surface area (Å²) in [6, 6.07) is 7.30. The Morgan fingerprint density at radius 1 is 1.41 bits per heavy atom. The van der Waals surface area contributed by atoms with E-state index in [0.717, 1.165) is 25.9 Å². The summed E-state index contributed by atoms with van der Waals surface area (Å²) < 4.78 is 10.6. The van der Waals surface area contributed by atoms with Crippen LogP contribution in [0.5, 0.6) is 5.75 Å². The lowest BCUT2D eigenvalue weighted by atomic mass is 9.98. The quantitative estimate of drug-likeness (QED) is 0.672. The summed E-state index contributed by atoms with van der Waals surface area (Å²) >= 11 is 0. The van der Waals surface area contributed by atoms with Crippen LogP contribution in [-0.4, -0.2) is 44.3 Å². The molecule has 0 atom stereocenters. The lowest BCUT2D eigenvalue weighted by molar-refractivity contribution is 0.0932. The maximum absolute atomic E-state index is 12.3. The summed E-state index contributed by atoms with van der Waals surface area (Å²) in [4.78, 5) is 14.1. The number of methoxy groups -OCH3 is 1. The van der Waals surface area contributed by atoms with E-state index in [1.807, 2.05) is 29.2 Å². The second-order valence-corrected chi connectivity index (χ2v) is 5.28. The monoisotopic (exact) mass is 302 g/mol. The van der Waals surface area contributed by atoms with Gasteiger partial charge in [0.05, 0.1) is 19.4 Å². The summed E-state index contributed by atoms with van der Waals surface area (Å²) in [5, 5.41) is 2.90. The molecule has 0 spiro atoms. The molecule has 1 heterocycles. The first kappa shape index (κ1) is 16.2. The molecule has 0 radical (unpaired) electrons. The van der Waals surface area contributed by atoms with Crippen LogP contribution in [0.25, 0.3) is 0 Å². The minimum absolute atomic E-state index is 0.0903. The van der Waals surface area contributed by atoms with E-state index in [4.69, 9.17) is 15.9 Å². The number of nitrogens with zero attached hydrogens (tertiary/aromatic N) is 1. The van der Waals surface area contributed by atoms with Crippen molar-refractivity contribution >= 4 is 11.7 Å². The Morgan fingerprint density at radius 2 is 2.14 bits per heavy atom. The third kappa shape index (κ3) is 4.40. The van der Waals surface area contributed by atoms with Crippen molar-refractivity contribution in [3.8, 4) is 18.1 Å². The Kier molecular flexibility index (Phi) is 6.11. The number of anilines is 1. The van der Waals surface area contributed by atoms with Gasteiger partial charge in [0.1, 0.15) is 12.4 Å². The average molecular weight is 302 g/mol. The fourth-order valence-corrected chi connectivity index (χ4v) is 2.53. The molecule has 1 N–H and O–H groups in total. The van der Waals surface area contributed by atoms with Gasteiger partial charge in [0.2, 0.25) is 0 Å². The second-order valence-electron chi connectivity index (χ2n) is 5.28. The van der Waals surface area contributed by atoms with Crippen LogP contribution >= 0.6 is 0 Å². The fourth-order valence-electron chi connectivity index (χ4n) is 2.53. The predicted octanol–water partition coefficient (Wildman–Crippen LogP) is 2.59. The van der Waals surface area contributed by atoms with Gasteiger partial charge in [0, 0.05) is 13.1 Å². The summed E-state index contributed by atoms with van der Waals surface area (Å²) in [5.74, 6) is 3.60. The highest BCUT2D eigenvalue weighted by molar-refractivity contribution is 5.91. The largest absolute Gasteiger partial charge is 0.495 e. The highest BCUT2D eigenvalue weighted by Crippen LogP contribution is 2.24. The van der Waals surface area contributed by atoms with E-state index < -0.39 is 0 Å².